The Morgan fingerprint density at radius 2 is 1.52 bits per heavy atom. The van der Waals surface area contributed by atoms with E-state index in [9.17, 15) is 13.6 Å². The van der Waals surface area contributed by atoms with Gasteiger partial charge in [-0.1, -0.05) is 84.4 Å². The Hall–Kier alpha value is -4.75. The fourth-order valence-electron chi connectivity index (χ4n) is 4.12. The molecule has 0 bridgehead atoms. The number of rotatable bonds is 9. The molecule has 0 unspecified atom stereocenters. The summed E-state index contributed by atoms with van der Waals surface area (Å²) in [5.74, 6) is -0.776. The van der Waals surface area contributed by atoms with Crippen molar-refractivity contribution in [3.05, 3.63) is 132 Å². The van der Waals surface area contributed by atoms with Crippen LogP contribution in [0.1, 0.15) is 11.1 Å². The second-order valence-electron chi connectivity index (χ2n) is 8.73. The van der Waals surface area contributed by atoms with Crippen LogP contribution in [0.3, 0.4) is 0 Å². The van der Waals surface area contributed by atoms with Gasteiger partial charge in [0, 0.05) is 34.0 Å². The Labute approximate surface area is 234 Å². The third-order valence-corrected chi connectivity index (χ3v) is 6.27. The first-order valence-corrected chi connectivity index (χ1v) is 12.7. The summed E-state index contributed by atoms with van der Waals surface area (Å²) in [6, 6.07) is 31.8. The SMILES string of the molecule is O=C(/C=C/c1cn(-c2ccccc2)nc1-c1ccc(-c2ccccc2)cc1)OCc1cc(Cl)ccc1OC(F)F. The van der Waals surface area contributed by atoms with Gasteiger partial charge in [-0.15, -0.1) is 0 Å². The van der Waals surface area contributed by atoms with Crippen molar-refractivity contribution < 1.29 is 23.0 Å². The van der Waals surface area contributed by atoms with E-state index in [2.05, 4.69) is 4.74 Å². The molecule has 0 fully saturated rings. The monoisotopic (exact) mass is 556 g/mol. The third-order valence-electron chi connectivity index (χ3n) is 6.04. The van der Waals surface area contributed by atoms with Crippen molar-refractivity contribution >= 4 is 23.6 Å². The highest BCUT2D eigenvalue weighted by atomic mass is 35.5. The standard InChI is InChI=1S/C32H23ClF2N2O3/c33-27-16-17-29(40-32(34)35)26(19-27)21-39-30(38)18-15-25-20-37(28-9-5-2-6-10-28)36-31(25)24-13-11-23(12-14-24)22-7-3-1-4-8-22/h1-20,32H,21H2/b18-15+. The number of hydrogen-bond donors (Lipinski definition) is 0. The molecule has 0 radical (unpaired) electrons. The fraction of sp³-hybridized carbons (Fsp3) is 0.0625. The molecule has 4 aromatic carbocycles. The molecule has 0 amide bonds. The Morgan fingerprint density at radius 3 is 2.23 bits per heavy atom. The van der Waals surface area contributed by atoms with E-state index >= 15 is 0 Å². The molecule has 0 N–H and O–H groups in total. The molecule has 5 rings (SSSR count). The van der Waals surface area contributed by atoms with Crippen LogP contribution in [-0.2, 0) is 16.1 Å². The molecule has 5 aromatic rings. The summed E-state index contributed by atoms with van der Waals surface area (Å²) < 4.78 is 37.0. The van der Waals surface area contributed by atoms with Gasteiger partial charge in [0.1, 0.15) is 12.4 Å². The smallest absolute Gasteiger partial charge is 0.387 e. The lowest BCUT2D eigenvalue weighted by Crippen LogP contribution is -2.07. The molecule has 0 spiro atoms. The molecule has 0 aliphatic carbocycles. The van der Waals surface area contributed by atoms with Gasteiger partial charge in [0.25, 0.3) is 0 Å². The minimum Gasteiger partial charge on any atom is -0.458 e. The number of aromatic nitrogens is 2. The van der Waals surface area contributed by atoms with Gasteiger partial charge in [0.15, 0.2) is 0 Å². The van der Waals surface area contributed by atoms with Crippen LogP contribution >= 0.6 is 11.6 Å². The fourth-order valence-corrected chi connectivity index (χ4v) is 4.32. The van der Waals surface area contributed by atoms with Gasteiger partial charge in [-0.25, -0.2) is 9.48 Å². The first-order chi connectivity index (χ1) is 19.5. The number of esters is 1. The summed E-state index contributed by atoms with van der Waals surface area (Å²) in [6.45, 7) is -3.31. The zero-order chi connectivity index (χ0) is 27.9. The highest BCUT2D eigenvalue weighted by Gasteiger charge is 2.14. The number of benzene rings is 4. The van der Waals surface area contributed by atoms with Crippen LogP contribution < -0.4 is 4.74 Å². The minimum atomic E-state index is -3.02. The highest BCUT2D eigenvalue weighted by Crippen LogP contribution is 2.29. The first kappa shape index (κ1) is 26.8. The maximum absolute atomic E-state index is 12.7. The van der Waals surface area contributed by atoms with Gasteiger partial charge in [-0.05, 0) is 47.5 Å². The summed E-state index contributed by atoms with van der Waals surface area (Å²) in [6.07, 6.45) is 4.71. The van der Waals surface area contributed by atoms with Gasteiger partial charge in [0.2, 0.25) is 0 Å². The van der Waals surface area contributed by atoms with Crippen molar-refractivity contribution in [3.8, 4) is 33.8 Å². The molecule has 40 heavy (non-hydrogen) atoms. The Kier molecular flexibility index (Phi) is 8.32. The number of nitrogens with zero attached hydrogens (tertiary/aromatic N) is 2. The highest BCUT2D eigenvalue weighted by molar-refractivity contribution is 6.30. The Balaban J connectivity index is 1.38. The molecule has 200 valence electrons. The molecule has 0 aliphatic heterocycles. The number of ether oxygens (including phenoxy) is 2. The zero-order valence-electron chi connectivity index (χ0n) is 21.1. The lowest BCUT2D eigenvalue weighted by molar-refractivity contribution is -0.139. The maximum Gasteiger partial charge on any atom is 0.387 e. The van der Waals surface area contributed by atoms with Crippen molar-refractivity contribution in [2.24, 2.45) is 0 Å². The summed E-state index contributed by atoms with van der Waals surface area (Å²) in [7, 11) is 0. The Morgan fingerprint density at radius 1 is 0.875 bits per heavy atom. The minimum absolute atomic E-state index is 0.110. The summed E-state index contributed by atoms with van der Waals surface area (Å²) in [5, 5.41) is 5.09. The van der Waals surface area contributed by atoms with Gasteiger partial charge in [-0.3, -0.25) is 0 Å². The van der Waals surface area contributed by atoms with E-state index in [0.717, 1.165) is 22.4 Å². The van der Waals surface area contributed by atoms with E-state index in [4.69, 9.17) is 21.4 Å². The summed E-state index contributed by atoms with van der Waals surface area (Å²) in [5.41, 5.74) is 5.50. The predicted octanol–water partition coefficient (Wildman–Crippen LogP) is 8.22. The van der Waals surface area contributed by atoms with Gasteiger partial charge in [-0.2, -0.15) is 13.9 Å². The lowest BCUT2D eigenvalue weighted by Gasteiger charge is -2.11. The zero-order valence-corrected chi connectivity index (χ0v) is 21.8. The number of alkyl halides is 2. The van der Waals surface area contributed by atoms with Crippen LogP contribution in [-0.4, -0.2) is 22.4 Å². The van der Waals surface area contributed by atoms with E-state index in [1.165, 1.54) is 24.3 Å². The van der Waals surface area contributed by atoms with Crippen molar-refractivity contribution in [1.29, 1.82) is 0 Å². The quantitative estimate of drug-likeness (QED) is 0.136. The van der Waals surface area contributed by atoms with Crippen LogP contribution in [0.15, 0.2) is 115 Å². The average molecular weight is 557 g/mol. The van der Waals surface area contributed by atoms with Crippen molar-refractivity contribution in [1.82, 2.24) is 9.78 Å². The van der Waals surface area contributed by atoms with Crippen LogP contribution in [0.25, 0.3) is 34.1 Å². The molecular formula is C32H23ClF2N2O3. The normalized spacial score (nSPS) is 11.2. The van der Waals surface area contributed by atoms with E-state index in [-0.39, 0.29) is 17.9 Å². The third kappa shape index (κ3) is 6.62. The van der Waals surface area contributed by atoms with E-state index in [0.29, 0.717) is 16.3 Å². The van der Waals surface area contributed by atoms with Crippen LogP contribution in [0.2, 0.25) is 5.02 Å². The number of carbonyl (C=O) groups excluding carboxylic acids is 1. The molecule has 0 aliphatic rings. The molecule has 5 nitrogen and oxygen atoms in total. The topological polar surface area (TPSA) is 53.4 Å². The second-order valence-corrected chi connectivity index (χ2v) is 9.16. The number of halogens is 3. The largest absolute Gasteiger partial charge is 0.458 e. The summed E-state index contributed by atoms with van der Waals surface area (Å²) in [4.78, 5) is 12.6. The molecule has 8 heteroatoms. The van der Waals surface area contributed by atoms with E-state index in [1.54, 1.807) is 10.8 Å². The number of hydrogen-bond acceptors (Lipinski definition) is 4. The first-order valence-electron chi connectivity index (χ1n) is 12.4. The van der Waals surface area contributed by atoms with Crippen LogP contribution in [0.4, 0.5) is 8.78 Å². The van der Waals surface area contributed by atoms with E-state index in [1.807, 2.05) is 91.1 Å². The maximum atomic E-state index is 12.7. The molecule has 0 atom stereocenters. The average Bonchev–Trinajstić information content (AvgIpc) is 3.41. The summed E-state index contributed by atoms with van der Waals surface area (Å²) >= 11 is 5.98. The van der Waals surface area contributed by atoms with Crippen molar-refractivity contribution in [2.75, 3.05) is 0 Å². The van der Waals surface area contributed by atoms with Crippen molar-refractivity contribution in [3.63, 3.8) is 0 Å². The van der Waals surface area contributed by atoms with Gasteiger partial charge >= 0.3 is 12.6 Å². The lowest BCUT2D eigenvalue weighted by atomic mass is 10.0. The van der Waals surface area contributed by atoms with Gasteiger partial charge in [0.05, 0.1) is 11.4 Å². The molecule has 0 saturated carbocycles. The molecular weight excluding hydrogens is 534 g/mol. The van der Waals surface area contributed by atoms with Crippen LogP contribution in [0.5, 0.6) is 5.75 Å². The van der Waals surface area contributed by atoms with Crippen molar-refractivity contribution in [2.45, 2.75) is 13.2 Å². The number of carbonyl (C=O) groups is 1. The van der Waals surface area contributed by atoms with E-state index < -0.39 is 12.6 Å². The second kappa shape index (κ2) is 12.4. The molecule has 0 saturated heterocycles. The number of para-hydroxylation sites is 1. The predicted molar refractivity (Wildman–Crippen MR) is 151 cm³/mol. The van der Waals surface area contributed by atoms with Crippen LogP contribution in [0, 0.1) is 0 Å². The Bertz CT molecular complexity index is 1620. The molecule has 1 heterocycles. The molecule has 1 aromatic heterocycles. The van der Waals surface area contributed by atoms with Gasteiger partial charge < -0.3 is 9.47 Å².